The number of hydrogen-bond donors (Lipinski definition) is 0. The van der Waals surface area contributed by atoms with Gasteiger partial charge >= 0.3 is 0 Å². The minimum Gasteiger partial charge on any atom is -0.311 e. The number of thiophene rings is 1. The van der Waals surface area contributed by atoms with Crippen LogP contribution in [0.5, 0.6) is 0 Å². The van der Waals surface area contributed by atoms with Crippen LogP contribution in [0.25, 0.3) is 26.8 Å². The van der Waals surface area contributed by atoms with Crippen LogP contribution < -0.4 is 26.2 Å². The van der Waals surface area contributed by atoms with Crippen LogP contribution in [0.1, 0.15) is 107 Å². The van der Waals surface area contributed by atoms with Crippen LogP contribution in [-0.4, -0.2) is 6.71 Å². The van der Waals surface area contributed by atoms with E-state index in [-0.39, 0.29) is 23.0 Å². The van der Waals surface area contributed by atoms with Gasteiger partial charge in [-0.25, -0.2) is 0 Å². The van der Waals surface area contributed by atoms with Crippen molar-refractivity contribution in [3.05, 3.63) is 190 Å². The van der Waals surface area contributed by atoms with E-state index in [1.54, 1.807) is 0 Å². The third-order valence-corrected chi connectivity index (χ3v) is 15.5. The van der Waals surface area contributed by atoms with Crippen molar-refractivity contribution in [1.82, 2.24) is 0 Å². The molecule has 8 aromatic rings. The lowest BCUT2D eigenvalue weighted by Crippen LogP contribution is -2.61. The second-order valence-electron chi connectivity index (χ2n) is 21.8. The van der Waals surface area contributed by atoms with E-state index in [9.17, 15) is 0 Å². The van der Waals surface area contributed by atoms with Crippen LogP contribution in [0.4, 0.5) is 34.1 Å². The number of rotatable bonds is 4. The second-order valence-corrected chi connectivity index (χ2v) is 22.9. The van der Waals surface area contributed by atoms with E-state index in [0.717, 1.165) is 12.8 Å². The van der Waals surface area contributed by atoms with E-state index in [2.05, 4.69) is 231 Å². The molecule has 0 spiro atoms. The van der Waals surface area contributed by atoms with Gasteiger partial charge < -0.3 is 9.80 Å². The Bertz CT molecular complexity index is 3220. The molecule has 0 fully saturated rings. The van der Waals surface area contributed by atoms with Gasteiger partial charge in [-0.1, -0.05) is 159 Å². The lowest BCUT2D eigenvalue weighted by atomic mass is 9.33. The Morgan fingerprint density at radius 2 is 1.12 bits per heavy atom. The van der Waals surface area contributed by atoms with Gasteiger partial charge in [-0.05, 0) is 157 Å². The average Bonchev–Trinajstić information content (AvgIpc) is 3.67. The van der Waals surface area contributed by atoms with E-state index < -0.39 is 0 Å². The summed E-state index contributed by atoms with van der Waals surface area (Å²) in [4.78, 5) is 6.62. The molecular formula is C61H59BN2S. The first-order valence-corrected chi connectivity index (χ1v) is 24.4. The van der Waals surface area contributed by atoms with Crippen LogP contribution in [-0.2, 0) is 22.7 Å². The summed E-state index contributed by atoms with van der Waals surface area (Å²) in [7, 11) is 0. The summed E-state index contributed by atoms with van der Waals surface area (Å²) in [6.07, 6.45) is 4.64. The summed E-state index contributed by atoms with van der Waals surface area (Å²) >= 11 is 1.95. The molecule has 7 aromatic carbocycles. The molecule has 0 N–H and O–H groups in total. The smallest absolute Gasteiger partial charge is 0.252 e. The highest BCUT2D eigenvalue weighted by atomic mass is 32.1. The fourth-order valence-electron chi connectivity index (χ4n) is 10.7. The largest absolute Gasteiger partial charge is 0.311 e. The van der Waals surface area contributed by atoms with Gasteiger partial charge in [0.05, 0.1) is 5.69 Å². The van der Waals surface area contributed by atoms with Gasteiger partial charge in [0.25, 0.3) is 6.71 Å². The molecule has 0 saturated carbocycles. The van der Waals surface area contributed by atoms with E-state index in [4.69, 9.17) is 0 Å². The molecule has 65 heavy (non-hydrogen) atoms. The molecule has 0 amide bonds. The first-order valence-electron chi connectivity index (χ1n) is 23.6. The zero-order valence-corrected chi connectivity index (χ0v) is 40.5. The standard InChI is InChI=1S/C61H59BN2S/c1-38-33-54-57-55(34-38)64(51-31-26-41(59(2,3)4)35-48(51)39-17-12-11-13-18-39)52-32-27-42(60(5,6)7)36-50(52)62(57)49-30-25-43(61(8,9)10)37-53(49)63(54)44-28-23-40(24-29-44)45-20-16-21-47-46-19-14-15-22-56(46)65-58(45)47/h11-15,17-20,22-37H,16,21H2,1-10H3. The first kappa shape index (κ1) is 41.6. The number of anilines is 6. The Balaban J connectivity index is 1.16. The molecule has 11 rings (SSSR count). The summed E-state index contributed by atoms with van der Waals surface area (Å²) in [6.45, 7) is 23.3. The minimum absolute atomic E-state index is 0.00354. The maximum atomic E-state index is 2.60. The first-order chi connectivity index (χ1) is 31.0. The summed E-state index contributed by atoms with van der Waals surface area (Å²) in [5.41, 5.74) is 23.3. The van der Waals surface area contributed by atoms with Gasteiger partial charge in [0.15, 0.2) is 0 Å². The quantitative estimate of drug-likeness (QED) is 0.163. The van der Waals surface area contributed by atoms with Crippen molar-refractivity contribution in [2.45, 2.75) is 98.3 Å². The Hall–Kier alpha value is -6.10. The van der Waals surface area contributed by atoms with Gasteiger partial charge in [0.2, 0.25) is 0 Å². The topological polar surface area (TPSA) is 6.48 Å². The van der Waals surface area contributed by atoms with Crippen molar-refractivity contribution >= 4 is 84.2 Å². The van der Waals surface area contributed by atoms with Crippen LogP contribution in [0.3, 0.4) is 0 Å². The molecule has 3 heterocycles. The fraction of sp³-hybridized carbons (Fsp3) is 0.246. The van der Waals surface area contributed by atoms with E-state index in [1.807, 2.05) is 11.3 Å². The van der Waals surface area contributed by atoms with E-state index in [0.29, 0.717) is 0 Å². The minimum atomic E-state index is -0.0223. The maximum Gasteiger partial charge on any atom is 0.252 e. The monoisotopic (exact) mass is 862 g/mol. The molecule has 2 nitrogen and oxygen atoms in total. The molecule has 0 atom stereocenters. The highest BCUT2D eigenvalue weighted by Gasteiger charge is 2.44. The lowest BCUT2D eigenvalue weighted by molar-refractivity contribution is 0.590. The Morgan fingerprint density at radius 1 is 0.508 bits per heavy atom. The predicted molar refractivity (Wildman–Crippen MR) is 284 cm³/mol. The summed E-state index contributed by atoms with van der Waals surface area (Å²) < 4.78 is 1.38. The number of aryl methyl sites for hydroxylation is 2. The zero-order chi connectivity index (χ0) is 45.2. The molecule has 1 aliphatic carbocycles. The molecule has 0 unspecified atom stereocenters. The van der Waals surface area contributed by atoms with Crippen LogP contribution in [0, 0.1) is 6.92 Å². The molecule has 0 radical (unpaired) electrons. The molecule has 0 saturated heterocycles. The maximum absolute atomic E-state index is 2.60. The highest BCUT2D eigenvalue weighted by molar-refractivity contribution is 7.20. The fourth-order valence-corrected chi connectivity index (χ4v) is 12.0. The molecule has 322 valence electrons. The number of allylic oxidation sites excluding steroid dienone is 1. The molecule has 3 aliphatic rings. The Labute approximate surface area is 391 Å². The third-order valence-electron chi connectivity index (χ3n) is 14.3. The highest BCUT2D eigenvalue weighted by Crippen LogP contribution is 2.49. The molecule has 4 heteroatoms. The lowest BCUT2D eigenvalue weighted by Gasteiger charge is -2.45. The van der Waals surface area contributed by atoms with Crippen molar-refractivity contribution in [2.75, 3.05) is 9.80 Å². The second kappa shape index (κ2) is 15.0. The molecule has 2 aliphatic heterocycles. The molecular weight excluding hydrogens is 804 g/mol. The number of hydrogen-bond acceptors (Lipinski definition) is 3. The van der Waals surface area contributed by atoms with Crippen LogP contribution in [0.2, 0.25) is 0 Å². The third kappa shape index (κ3) is 6.90. The Morgan fingerprint density at radius 3 is 1.83 bits per heavy atom. The van der Waals surface area contributed by atoms with Gasteiger partial charge in [-0.2, -0.15) is 0 Å². The van der Waals surface area contributed by atoms with Crippen molar-refractivity contribution in [2.24, 2.45) is 0 Å². The summed E-state index contributed by atoms with van der Waals surface area (Å²) in [6, 6.07) is 56.3. The van der Waals surface area contributed by atoms with Crippen molar-refractivity contribution in [1.29, 1.82) is 0 Å². The predicted octanol–water partition coefficient (Wildman–Crippen LogP) is 15.2. The summed E-state index contributed by atoms with van der Waals surface area (Å²) in [5.74, 6) is 0. The average molecular weight is 863 g/mol. The van der Waals surface area contributed by atoms with Gasteiger partial charge in [-0.15, -0.1) is 11.3 Å². The SMILES string of the molecule is Cc1cc2c3c(c1)N(c1ccc(C(C)(C)C)cc1-c1ccccc1)c1ccc(C(C)(C)C)cc1B3c1ccc(C(C)(C)C)cc1N2c1ccc(C2=CCCc3c2sc2ccccc32)cc1. The molecule has 0 bridgehead atoms. The number of fused-ring (bicyclic) bond motifs is 7. The normalized spacial score (nSPS) is 14.5. The van der Waals surface area contributed by atoms with Crippen LogP contribution in [0.15, 0.2) is 152 Å². The van der Waals surface area contributed by atoms with Gasteiger partial charge in [0, 0.05) is 43.6 Å². The number of benzene rings is 7. The van der Waals surface area contributed by atoms with Crippen molar-refractivity contribution < 1.29 is 0 Å². The van der Waals surface area contributed by atoms with Gasteiger partial charge in [-0.3, -0.25) is 0 Å². The zero-order valence-electron chi connectivity index (χ0n) is 39.7. The Kier molecular flexibility index (Phi) is 9.58. The molecule has 1 aromatic heterocycles. The number of nitrogens with zero attached hydrogens (tertiary/aromatic N) is 2. The van der Waals surface area contributed by atoms with Crippen LogP contribution >= 0.6 is 11.3 Å². The van der Waals surface area contributed by atoms with E-state index in [1.165, 1.54) is 116 Å². The van der Waals surface area contributed by atoms with Crippen molar-refractivity contribution in [3.63, 3.8) is 0 Å². The van der Waals surface area contributed by atoms with Gasteiger partial charge in [0.1, 0.15) is 0 Å². The van der Waals surface area contributed by atoms with E-state index >= 15 is 0 Å². The summed E-state index contributed by atoms with van der Waals surface area (Å²) in [5, 5.41) is 1.42. The van der Waals surface area contributed by atoms with Crippen molar-refractivity contribution in [3.8, 4) is 11.1 Å².